The van der Waals surface area contributed by atoms with Gasteiger partial charge in [0, 0.05) is 25.2 Å². The van der Waals surface area contributed by atoms with E-state index < -0.39 is 105 Å². The van der Waals surface area contributed by atoms with Crippen molar-refractivity contribution in [2.45, 2.75) is 105 Å². The summed E-state index contributed by atoms with van der Waals surface area (Å²) in [6.07, 6.45) is -24.2. The predicted molar refractivity (Wildman–Crippen MR) is 283 cm³/mol. The Balaban J connectivity index is 0.000000215. The molecule has 2 aliphatic rings. The van der Waals surface area contributed by atoms with Gasteiger partial charge in [0.15, 0.2) is 6.29 Å². The van der Waals surface area contributed by atoms with Crippen LogP contribution in [0.5, 0.6) is 0 Å². The zero-order chi connectivity index (χ0) is 61.4. The molecule has 6 aromatic carbocycles. The molecule has 450 valence electrons. The first-order valence-electron chi connectivity index (χ1n) is 25.2. The van der Waals surface area contributed by atoms with Crippen LogP contribution >= 0.6 is 34.8 Å². The summed E-state index contributed by atoms with van der Waals surface area (Å²) >= 11 is 17.3. The van der Waals surface area contributed by atoms with Gasteiger partial charge in [-0.3, -0.25) is 15.2 Å². The normalized spacial score (nSPS) is 19.9. The average Bonchev–Trinajstić information content (AvgIpc) is 3.19. The number of nitrogens with one attached hydrogen (secondary N) is 1. The van der Waals surface area contributed by atoms with E-state index in [4.69, 9.17) is 64.3 Å². The fraction of sp³-hybridized carbons (Fsp3) is 0.362. The number of morpholine rings is 2. The van der Waals surface area contributed by atoms with Gasteiger partial charge < -0.3 is 24.1 Å². The summed E-state index contributed by atoms with van der Waals surface area (Å²) in [5, 5.41) is 17.0. The number of aliphatic hydroxyl groups excluding tert-OH is 1. The highest BCUT2D eigenvalue weighted by Crippen LogP contribution is 2.44. The molecule has 0 amide bonds. The molecule has 2 heterocycles. The van der Waals surface area contributed by atoms with Crippen LogP contribution in [0.1, 0.15) is 120 Å². The Morgan fingerprint density at radius 3 is 1.18 bits per heavy atom. The fourth-order valence-corrected chi connectivity index (χ4v) is 9.30. The van der Waals surface area contributed by atoms with Crippen molar-refractivity contribution in [1.82, 2.24) is 9.80 Å². The van der Waals surface area contributed by atoms with Crippen molar-refractivity contribution in [3.05, 3.63) is 213 Å². The van der Waals surface area contributed by atoms with Gasteiger partial charge in [-0.15, -0.1) is 0 Å². The second kappa shape index (κ2) is 27.6. The molecule has 2 saturated heterocycles. The average molecular weight is 1250 g/mol. The molecule has 0 aromatic heterocycles. The van der Waals surface area contributed by atoms with Crippen molar-refractivity contribution in [2.24, 2.45) is 0 Å². The van der Waals surface area contributed by atoms with E-state index in [1.54, 1.807) is 24.3 Å². The maximum absolute atomic E-state index is 13.7. The van der Waals surface area contributed by atoms with E-state index in [-0.39, 0.29) is 42.2 Å². The zero-order valence-corrected chi connectivity index (χ0v) is 46.5. The van der Waals surface area contributed by atoms with E-state index in [0.29, 0.717) is 49.5 Å². The lowest BCUT2D eigenvalue weighted by molar-refractivity contribution is -0.235. The minimum Gasteiger partial charge on any atom is -0.446 e. The Morgan fingerprint density at radius 1 is 0.506 bits per heavy atom. The van der Waals surface area contributed by atoms with E-state index in [1.165, 1.54) is 31.2 Å². The van der Waals surface area contributed by atoms with E-state index in [9.17, 15) is 61.5 Å². The number of alkyl halides is 15. The Morgan fingerprint density at radius 2 is 0.843 bits per heavy atom. The minimum atomic E-state index is -4.98. The Kier molecular flexibility index (Phi) is 22.2. The number of aliphatic hydroxyl groups is 1. The van der Waals surface area contributed by atoms with Crippen LogP contribution in [0.15, 0.2) is 146 Å². The molecule has 0 aliphatic carbocycles. The third-order valence-corrected chi connectivity index (χ3v) is 14.0. The third-order valence-electron chi connectivity index (χ3n) is 13.5. The number of hydrogen-bond acceptors (Lipinski definition) is 8. The van der Waals surface area contributed by atoms with Gasteiger partial charge >= 0.3 is 24.7 Å². The first-order valence-corrected chi connectivity index (χ1v) is 26.4. The molecule has 0 bridgehead atoms. The summed E-state index contributed by atoms with van der Waals surface area (Å²) in [6, 6.07) is 32.6. The molecule has 8 atom stereocenters. The van der Waals surface area contributed by atoms with Crippen LogP contribution in [0, 0.1) is 17.0 Å². The zero-order valence-electron chi connectivity index (χ0n) is 44.2. The Labute approximate surface area is 483 Å². The summed E-state index contributed by atoms with van der Waals surface area (Å²) < 4.78 is 203. The first kappa shape index (κ1) is 66.6. The molecule has 2 unspecified atom stereocenters. The molecule has 2 N–H and O–H groups in total. The molecule has 8 nitrogen and oxygen atoms in total. The van der Waals surface area contributed by atoms with Gasteiger partial charge in [-0.05, 0) is 122 Å². The maximum atomic E-state index is 13.7. The minimum absolute atomic E-state index is 0.0197. The Bertz CT molecular complexity index is 2980. The number of benzene rings is 6. The van der Waals surface area contributed by atoms with Crippen LogP contribution in [0.4, 0.5) is 61.5 Å². The first-order chi connectivity index (χ1) is 38.6. The summed E-state index contributed by atoms with van der Waals surface area (Å²) in [5.41, 5.74) is -2.89. The van der Waals surface area contributed by atoms with Gasteiger partial charge in [0.25, 0.3) is 3.79 Å². The van der Waals surface area contributed by atoms with Gasteiger partial charge in [-0.25, -0.2) is 8.78 Å². The summed E-state index contributed by atoms with van der Waals surface area (Å²) in [7, 11) is 0. The lowest BCUT2D eigenvalue weighted by Gasteiger charge is -2.45. The van der Waals surface area contributed by atoms with Gasteiger partial charge in [0.1, 0.15) is 11.6 Å². The summed E-state index contributed by atoms with van der Waals surface area (Å²) in [4.78, 5) is 4.25. The van der Waals surface area contributed by atoms with Crippen LogP contribution in [0.3, 0.4) is 0 Å². The highest BCUT2D eigenvalue weighted by atomic mass is 35.6. The highest BCUT2D eigenvalue weighted by molar-refractivity contribution is 6.76. The molecule has 83 heavy (non-hydrogen) atoms. The van der Waals surface area contributed by atoms with Crippen molar-refractivity contribution >= 4 is 40.7 Å². The van der Waals surface area contributed by atoms with Crippen molar-refractivity contribution in [2.75, 3.05) is 26.3 Å². The van der Waals surface area contributed by atoms with Crippen molar-refractivity contribution in [3.63, 3.8) is 0 Å². The second-order valence-corrected chi connectivity index (χ2v) is 21.5. The molecule has 0 spiro atoms. The molecule has 6 aromatic rings. The molecule has 0 saturated carbocycles. The van der Waals surface area contributed by atoms with Gasteiger partial charge in [-0.1, -0.05) is 120 Å². The third kappa shape index (κ3) is 18.2. The lowest BCUT2D eigenvalue weighted by atomic mass is 9.98. The van der Waals surface area contributed by atoms with Crippen LogP contribution in [0.25, 0.3) is 0 Å². The topological polar surface area (TPSA) is 87.5 Å². The van der Waals surface area contributed by atoms with Gasteiger partial charge in [0.2, 0.25) is 12.2 Å². The van der Waals surface area contributed by atoms with Crippen LogP contribution in [-0.4, -0.2) is 63.5 Å². The molecule has 0 radical (unpaired) electrons. The largest absolute Gasteiger partial charge is 0.446 e. The lowest BCUT2D eigenvalue weighted by Crippen LogP contribution is -2.48. The SMILES string of the molecule is C[C@@H](O)c1cc(C(F)(F)F)cc(C(F)(F)F)c1.C[C@H](c1ccccc1)N1CCOC(OC(=N)C(Cl)(Cl)Cl)[C@H]1c1ccc(F)cc1.C[C@H](c1ccccc1)N1CCOC(O[C@H](C)c2cc(C(F)(F)F)cc(C(F)(F)F)c2)[C@H]1c1ccc(F)cc1. The van der Waals surface area contributed by atoms with Crippen LogP contribution in [-0.2, 0) is 43.7 Å². The number of rotatable bonds is 11. The monoisotopic (exact) mass is 1240 g/mol. The van der Waals surface area contributed by atoms with Crippen LogP contribution in [0.2, 0.25) is 0 Å². The van der Waals surface area contributed by atoms with Crippen molar-refractivity contribution in [1.29, 1.82) is 5.41 Å². The molecular formula is C58H54Cl3F14N3O5. The smallest absolute Gasteiger partial charge is 0.416 e. The predicted octanol–water partition coefficient (Wildman–Crippen LogP) is 17.5. The summed E-state index contributed by atoms with van der Waals surface area (Å²) in [5.74, 6) is -1.32. The van der Waals surface area contributed by atoms with E-state index in [1.807, 2.05) is 67.6 Å². The molecule has 2 aliphatic heterocycles. The van der Waals surface area contributed by atoms with Crippen molar-refractivity contribution < 1.29 is 85.5 Å². The van der Waals surface area contributed by atoms with E-state index >= 15 is 0 Å². The molecule has 2 fully saturated rings. The van der Waals surface area contributed by atoms with E-state index in [2.05, 4.69) is 16.7 Å². The molecule has 8 rings (SSSR count). The quantitative estimate of drug-likeness (QED) is 0.0578. The summed E-state index contributed by atoms with van der Waals surface area (Å²) in [6.45, 7) is 8.20. The standard InChI is InChI=1S/C28H26F7NO2.C20H20Cl3FN2O2.C10H8F6O/c1-17(19-6-4-3-5-7-19)36-12-13-37-26(25(36)20-8-10-24(29)11-9-20)38-18(2)21-14-22(27(30,31)32)16-23(15-21)28(33,34)35;1-13(14-5-3-2-4-6-14)26-11-12-27-18(28-19(25)20(21,22)23)17(26)15-7-9-16(24)10-8-15;1-5(17)6-2-7(9(11,12)13)4-8(3-6)10(14,15)16/h3-11,14-18,25-26H,12-13H2,1-2H3;2-10,13,17-18,25H,11-12H2,1H3;2-5,17H,1H3/t17-,18-,25-,26?;13-,17-,18?;5-/m111/s1. The van der Waals surface area contributed by atoms with Gasteiger partial charge in [-0.2, -0.15) is 52.7 Å². The Hall–Kier alpha value is -5.56. The number of ether oxygens (including phenoxy) is 4. The van der Waals surface area contributed by atoms with Gasteiger partial charge in [0.05, 0.1) is 59.8 Å². The number of hydrogen-bond donors (Lipinski definition) is 2. The second-order valence-electron chi connectivity index (χ2n) is 19.2. The molecular weight excluding hydrogens is 1190 g/mol. The van der Waals surface area contributed by atoms with E-state index in [0.717, 1.165) is 23.6 Å². The molecule has 25 heteroatoms. The van der Waals surface area contributed by atoms with Crippen molar-refractivity contribution in [3.8, 4) is 0 Å². The highest BCUT2D eigenvalue weighted by Gasteiger charge is 2.44. The fourth-order valence-electron chi connectivity index (χ4n) is 9.16. The number of nitrogens with zero attached hydrogens (tertiary/aromatic N) is 2. The number of halogens is 17. The van der Waals surface area contributed by atoms with Crippen LogP contribution < -0.4 is 0 Å². The maximum Gasteiger partial charge on any atom is 0.416 e.